The standard InChI is InChI=1S/C13H16N2OS/c1-8(7-14-2)13-15-12-9-5-6-16-10(9)3-4-11(12)17-13/h5-6,8,14H,3-4,7H2,1-2H3. The largest absolute Gasteiger partial charge is 0.469 e. The normalized spacial score (nSPS) is 15.4. The summed E-state index contributed by atoms with van der Waals surface area (Å²) in [5, 5.41) is 4.44. The summed E-state index contributed by atoms with van der Waals surface area (Å²) in [6.07, 6.45) is 3.85. The van der Waals surface area contributed by atoms with Crippen molar-refractivity contribution >= 4 is 11.3 Å². The van der Waals surface area contributed by atoms with E-state index in [4.69, 9.17) is 9.40 Å². The maximum Gasteiger partial charge on any atom is 0.113 e. The Hall–Kier alpha value is -1.13. The average Bonchev–Trinajstić information content (AvgIpc) is 2.94. The number of nitrogens with zero attached hydrogens (tertiary/aromatic N) is 1. The molecule has 2 heterocycles. The first kappa shape index (κ1) is 11.0. The van der Waals surface area contributed by atoms with Crippen LogP contribution in [0.1, 0.15) is 28.5 Å². The fraction of sp³-hybridized carbons (Fsp3) is 0.462. The Balaban J connectivity index is 1.99. The molecule has 1 unspecified atom stereocenters. The average molecular weight is 248 g/mol. The van der Waals surface area contributed by atoms with Gasteiger partial charge >= 0.3 is 0 Å². The van der Waals surface area contributed by atoms with Gasteiger partial charge in [-0.2, -0.15) is 0 Å². The number of furan rings is 1. The van der Waals surface area contributed by atoms with Crippen LogP contribution in [0.2, 0.25) is 0 Å². The first-order valence-electron chi connectivity index (χ1n) is 6.00. The van der Waals surface area contributed by atoms with Gasteiger partial charge in [0.05, 0.1) is 17.0 Å². The molecule has 1 atom stereocenters. The Morgan fingerprint density at radius 1 is 1.53 bits per heavy atom. The zero-order valence-electron chi connectivity index (χ0n) is 10.1. The van der Waals surface area contributed by atoms with Gasteiger partial charge in [0.15, 0.2) is 0 Å². The number of nitrogens with one attached hydrogen (secondary N) is 1. The second-order valence-corrected chi connectivity index (χ2v) is 5.66. The molecule has 0 saturated heterocycles. The zero-order valence-corrected chi connectivity index (χ0v) is 10.9. The minimum absolute atomic E-state index is 0.478. The summed E-state index contributed by atoms with van der Waals surface area (Å²) in [7, 11) is 1.98. The highest BCUT2D eigenvalue weighted by Gasteiger charge is 2.24. The van der Waals surface area contributed by atoms with Crippen molar-refractivity contribution in [1.82, 2.24) is 10.3 Å². The lowest BCUT2D eigenvalue weighted by Gasteiger charge is -2.07. The molecule has 0 aliphatic heterocycles. The molecule has 0 saturated carbocycles. The van der Waals surface area contributed by atoms with Crippen LogP contribution in [0.3, 0.4) is 0 Å². The van der Waals surface area contributed by atoms with Crippen LogP contribution in [-0.2, 0) is 12.8 Å². The van der Waals surface area contributed by atoms with Gasteiger partial charge in [-0.3, -0.25) is 0 Å². The number of rotatable bonds is 3. The van der Waals surface area contributed by atoms with Crippen molar-refractivity contribution in [2.45, 2.75) is 25.7 Å². The van der Waals surface area contributed by atoms with Crippen molar-refractivity contribution in [3.63, 3.8) is 0 Å². The second kappa shape index (κ2) is 4.27. The number of thiazole rings is 1. The van der Waals surface area contributed by atoms with Gasteiger partial charge in [-0.25, -0.2) is 4.98 Å². The van der Waals surface area contributed by atoms with Gasteiger partial charge in [0.1, 0.15) is 5.76 Å². The van der Waals surface area contributed by atoms with E-state index in [1.807, 2.05) is 24.5 Å². The molecule has 1 aliphatic rings. The predicted octanol–water partition coefficient (Wildman–Crippen LogP) is 2.82. The molecule has 0 bridgehead atoms. The quantitative estimate of drug-likeness (QED) is 0.907. The van der Waals surface area contributed by atoms with Gasteiger partial charge in [0, 0.05) is 29.3 Å². The van der Waals surface area contributed by atoms with Crippen LogP contribution < -0.4 is 5.32 Å². The smallest absolute Gasteiger partial charge is 0.113 e. The van der Waals surface area contributed by atoms with Gasteiger partial charge in [-0.05, 0) is 19.5 Å². The third-order valence-electron chi connectivity index (χ3n) is 3.23. The molecule has 3 nitrogen and oxygen atoms in total. The van der Waals surface area contributed by atoms with Crippen LogP contribution >= 0.6 is 11.3 Å². The Morgan fingerprint density at radius 2 is 2.41 bits per heavy atom. The summed E-state index contributed by atoms with van der Waals surface area (Å²) in [6, 6.07) is 2.04. The molecule has 2 aromatic rings. The minimum Gasteiger partial charge on any atom is -0.469 e. The van der Waals surface area contributed by atoms with Gasteiger partial charge in [0.25, 0.3) is 0 Å². The van der Waals surface area contributed by atoms with Crippen molar-refractivity contribution in [3.05, 3.63) is 28.0 Å². The van der Waals surface area contributed by atoms with Crippen LogP contribution in [0, 0.1) is 0 Å². The fourth-order valence-corrected chi connectivity index (χ4v) is 3.46. The van der Waals surface area contributed by atoms with Gasteiger partial charge in [-0.1, -0.05) is 6.92 Å². The first-order chi connectivity index (χ1) is 8.29. The third-order valence-corrected chi connectivity index (χ3v) is 4.57. The molecule has 0 aromatic carbocycles. The SMILES string of the molecule is CNCC(C)c1nc2c(s1)CCc1occc1-2. The lowest BCUT2D eigenvalue weighted by Crippen LogP contribution is -2.14. The summed E-state index contributed by atoms with van der Waals surface area (Å²) in [4.78, 5) is 6.22. The number of aryl methyl sites for hydroxylation is 2. The Bertz CT molecular complexity index is 529. The van der Waals surface area contributed by atoms with Crippen LogP contribution in [0.4, 0.5) is 0 Å². The van der Waals surface area contributed by atoms with Crippen molar-refractivity contribution < 1.29 is 4.42 Å². The molecule has 0 spiro atoms. The minimum atomic E-state index is 0.478. The summed E-state index contributed by atoms with van der Waals surface area (Å²) < 4.78 is 5.48. The molecular formula is C13H16N2OS. The Labute approximate surface area is 105 Å². The summed E-state index contributed by atoms with van der Waals surface area (Å²) in [6.45, 7) is 3.20. The lowest BCUT2D eigenvalue weighted by atomic mass is 10.0. The van der Waals surface area contributed by atoms with E-state index in [0.29, 0.717) is 5.92 Å². The van der Waals surface area contributed by atoms with Crippen molar-refractivity contribution in [3.8, 4) is 11.3 Å². The van der Waals surface area contributed by atoms with E-state index < -0.39 is 0 Å². The number of aromatic nitrogens is 1. The van der Waals surface area contributed by atoms with Crippen molar-refractivity contribution in [2.75, 3.05) is 13.6 Å². The number of fused-ring (bicyclic) bond motifs is 3. The van der Waals surface area contributed by atoms with E-state index >= 15 is 0 Å². The molecule has 3 rings (SSSR count). The molecule has 1 aliphatic carbocycles. The van der Waals surface area contributed by atoms with Crippen molar-refractivity contribution in [2.24, 2.45) is 0 Å². The van der Waals surface area contributed by atoms with E-state index in [1.165, 1.54) is 15.4 Å². The topological polar surface area (TPSA) is 38.1 Å². The van der Waals surface area contributed by atoms with Crippen LogP contribution in [0.25, 0.3) is 11.3 Å². The molecule has 1 N–H and O–H groups in total. The molecule has 17 heavy (non-hydrogen) atoms. The van der Waals surface area contributed by atoms with Crippen LogP contribution in [-0.4, -0.2) is 18.6 Å². The molecule has 2 aromatic heterocycles. The molecular weight excluding hydrogens is 232 g/mol. The Morgan fingerprint density at radius 3 is 3.24 bits per heavy atom. The summed E-state index contributed by atoms with van der Waals surface area (Å²) in [5.74, 6) is 1.57. The second-order valence-electron chi connectivity index (χ2n) is 4.54. The monoisotopic (exact) mass is 248 g/mol. The van der Waals surface area contributed by atoms with E-state index in [2.05, 4.69) is 12.2 Å². The fourth-order valence-electron chi connectivity index (χ4n) is 2.33. The maximum absolute atomic E-state index is 5.48. The molecule has 0 radical (unpaired) electrons. The highest BCUT2D eigenvalue weighted by Crippen LogP contribution is 2.38. The summed E-state index contributed by atoms with van der Waals surface area (Å²) >= 11 is 1.86. The first-order valence-corrected chi connectivity index (χ1v) is 6.82. The predicted molar refractivity (Wildman–Crippen MR) is 69.6 cm³/mol. The van der Waals surface area contributed by atoms with Gasteiger partial charge in [0.2, 0.25) is 0 Å². The van der Waals surface area contributed by atoms with Crippen LogP contribution in [0.5, 0.6) is 0 Å². The van der Waals surface area contributed by atoms with E-state index in [0.717, 1.165) is 30.8 Å². The number of hydrogen-bond donors (Lipinski definition) is 1. The van der Waals surface area contributed by atoms with Gasteiger partial charge < -0.3 is 9.73 Å². The molecule has 0 fully saturated rings. The highest BCUT2D eigenvalue weighted by molar-refractivity contribution is 7.12. The number of hydrogen-bond acceptors (Lipinski definition) is 4. The van der Waals surface area contributed by atoms with Crippen LogP contribution in [0.15, 0.2) is 16.7 Å². The van der Waals surface area contributed by atoms with Crippen molar-refractivity contribution in [1.29, 1.82) is 0 Å². The highest BCUT2D eigenvalue weighted by atomic mass is 32.1. The summed E-state index contributed by atoms with van der Waals surface area (Å²) in [5.41, 5.74) is 2.35. The van der Waals surface area contributed by atoms with E-state index in [9.17, 15) is 0 Å². The van der Waals surface area contributed by atoms with Gasteiger partial charge in [-0.15, -0.1) is 11.3 Å². The molecule has 4 heteroatoms. The molecule has 90 valence electrons. The molecule has 0 amide bonds. The van der Waals surface area contributed by atoms with E-state index in [1.54, 1.807) is 6.26 Å². The zero-order chi connectivity index (χ0) is 11.8. The number of likely N-dealkylation sites (N-methyl/N-ethyl adjacent to an activating group) is 1. The Kier molecular flexibility index (Phi) is 2.76. The third kappa shape index (κ3) is 1.81. The maximum atomic E-state index is 5.48. The van der Waals surface area contributed by atoms with E-state index in [-0.39, 0.29) is 0 Å². The lowest BCUT2D eigenvalue weighted by molar-refractivity contribution is 0.508.